The maximum atomic E-state index is 11.3. The Morgan fingerprint density at radius 2 is 2.17 bits per heavy atom. The Kier molecular flexibility index (Phi) is 3.52. The summed E-state index contributed by atoms with van der Waals surface area (Å²) in [5.74, 6) is 0.757. The van der Waals surface area contributed by atoms with Crippen LogP contribution in [0.2, 0.25) is 0 Å². The molecule has 1 aromatic rings. The van der Waals surface area contributed by atoms with Crippen molar-refractivity contribution in [2.45, 2.75) is 13.3 Å². The van der Waals surface area contributed by atoms with Crippen LogP contribution in [0.25, 0.3) is 0 Å². The van der Waals surface area contributed by atoms with Crippen LogP contribution in [0, 0.1) is 0 Å². The molecule has 0 aliphatic heterocycles. The second kappa shape index (κ2) is 4.45. The molecular weight excluding hydrogens is 267 g/mol. The standard InChI is InChI=1S/C9H9IO2/c1-2-8(11)7-5-3-4-6-9(7)12-10/h3-6H,2H2,1H3. The van der Waals surface area contributed by atoms with Crippen LogP contribution in [0.15, 0.2) is 24.3 Å². The highest BCUT2D eigenvalue weighted by Crippen LogP contribution is 2.21. The van der Waals surface area contributed by atoms with Gasteiger partial charge in [0.1, 0.15) is 5.75 Å². The molecule has 0 saturated carbocycles. The van der Waals surface area contributed by atoms with E-state index >= 15 is 0 Å². The molecule has 0 bridgehead atoms. The Balaban J connectivity index is 3.04. The predicted molar refractivity (Wildman–Crippen MR) is 55.7 cm³/mol. The van der Waals surface area contributed by atoms with Gasteiger partial charge in [0.2, 0.25) is 0 Å². The topological polar surface area (TPSA) is 26.3 Å². The molecule has 0 heterocycles. The number of hydrogen-bond donors (Lipinski definition) is 0. The van der Waals surface area contributed by atoms with Gasteiger partial charge in [-0.25, -0.2) is 0 Å². The van der Waals surface area contributed by atoms with E-state index in [0.29, 0.717) is 17.7 Å². The van der Waals surface area contributed by atoms with E-state index in [1.54, 1.807) is 35.1 Å². The highest BCUT2D eigenvalue weighted by molar-refractivity contribution is 14.1. The van der Waals surface area contributed by atoms with Gasteiger partial charge >= 0.3 is 0 Å². The fourth-order valence-electron chi connectivity index (χ4n) is 0.955. The van der Waals surface area contributed by atoms with E-state index in [9.17, 15) is 4.79 Å². The molecule has 0 spiro atoms. The van der Waals surface area contributed by atoms with Gasteiger partial charge in [0, 0.05) is 6.42 Å². The molecule has 3 heteroatoms. The fraction of sp³-hybridized carbons (Fsp3) is 0.222. The predicted octanol–water partition coefficient (Wildman–Crippen LogP) is 3.01. The summed E-state index contributed by atoms with van der Waals surface area (Å²) in [5, 5.41) is 0. The zero-order valence-electron chi connectivity index (χ0n) is 6.71. The van der Waals surface area contributed by atoms with Crippen LogP contribution in [0.3, 0.4) is 0 Å². The van der Waals surface area contributed by atoms with Crippen molar-refractivity contribution in [3.63, 3.8) is 0 Å². The van der Waals surface area contributed by atoms with Gasteiger partial charge in [-0.15, -0.1) is 0 Å². The molecule has 0 aliphatic carbocycles. The lowest BCUT2D eigenvalue weighted by atomic mass is 10.1. The number of Topliss-reactive ketones (excluding diaryl/α,β-unsaturated/α-hetero) is 1. The van der Waals surface area contributed by atoms with Gasteiger partial charge in [-0.05, 0) is 12.1 Å². The summed E-state index contributed by atoms with van der Waals surface area (Å²) >= 11 is 1.78. The average molecular weight is 276 g/mol. The first-order valence-electron chi connectivity index (χ1n) is 3.70. The summed E-state index contributed by atoms with van der Waals surface area (Å²) in [5.41, 5.74) is 0.661. The van der Waals surface area contributed by atoms with E-state index in [4.69, 9.17) is 3.07 Å². The third-order valence-corrected chi connectivity index (χ3v) is 2.07. The maximum absolute atomic E-state index is 11.3. The first kappa shape index (κ1) is 9.51. The second-order valence-corrected chi connectivity index (χ2v) is 2.79. The van der Waals surface area contributed by atoms with Crippen molar-refractivity contribution in [3.05, 3.63) is 29.8 Å². The van der Waals surface area contributed by atoms with Crippen molar-refractivity contribution in [2.24, 2.45) is 0 Å². The number of carbonyl (C=O) groups is 1. The van der Waals surface area contributed by atoms with Gasteiger partial charge in [-0.2, -0.15) is 0 Å². The molecule has 0 aliphatic rings. The van der Waals surface area contributed by atoms with Crippen LogP contribution in [-0.4, -0.2) is 5.78 Å². The van der Waals surface area contributed by atoms with E-state index in [2.05, 4.69) is 0 Å². The van der Waals surface area contributed by atoms with Crippen molar-refractivity contribution >= 4 is 28.8 Å². The lowest BCUT2D eigenvalue weighted by Crippen LogP contribution is -1.97. The molecule has 1 aromatic carbocycles. The van der Waals surface area contributed by atoms with Crippen LogP contribution in [0.1, 0.15) is 23.7 Å². The van der Waals surface area contributed by atoms with Gasteiger partial charge in [0.25, 0.3) is 0 Å². The largest absolute Gasteiger partial charge is 0.427 e. The van der Waals surface area contributed by atoms with Crippen molar-refractivity contribution in [1.82, 2.24) is 0 Å². The molecule has 0 aromatic heterocycles. The number of hydrogen-bond acceptors (Lipinski definition) is 2. The average Bonchev–Trinajstić information content (AvgIpc) is 2.16. The van der Waals surface area contributed by atoms with Crippen LogP contribution < -0.4 is 3.07 Å². The van der Waals surface area contributed by atoms with E-state index < -0.39 is 0 Å². The quantitative estimate of drug-likeness (QED) is 0.626. The van der Waals surface area contributed by atoms with E-state index in [0.717, 1.165) is 0 Å². The van der Waals surface area contributed by atoms with Gasteiger partial charge in [0.15, 0.2) is 28.8 Å². The summed E-state index contributed by atoms with van der Waals surface area (Å²) in [4.78, 5) is 11.3. The summed E-state index contributed by atoms with van der Waals surface area (Å²) in [7, 11) is 0. The molecule has 0 atom stereocenters. The van der Waals surface area contributed by atoms with Crippen molar-refractivity contribution in [2.75, 3.05) is 0 Å². The zero-order chi connectivity index (χ0) is 8.97. The summed E-state index contributed by atoms with van der Waals surface area (Å²) in [6.07, 6.45) is 0.511. The highest BCUT2D eigenvalue weighted by atomic mass is 127. The Morgan fingerprint density at radius 1 is 1.50 bits per heavy atom. The van der Waals surface area contributed by atoms with E-state index in [1.807, 2.05) is 19.1 Å². The number of para-hydroxylation sites is 1. The lowest BCUT2D eigenvalue weighted by molar-refractivity contribution is 0.0987. The molecule has 0 unspecified atom stereocenters. The van der Waals surface area contributed by atoms with Gasteiger partial charge in [-0.3, -0.25) is 4.79 Å². The van der Waals surface area contributed by atoms with Crippen molar-refractivity contribution in [1.29, 1.82) is 0 Å². The first-order valence-corrected chi connectivity index (χ1v) is 4.58. The molecule has 0 amide bonds. The molecule has 0 saturated heterocycles. The third-order valence-electron chi connectivity index (χ3n) is 1.59. The second-order valence-electron chi connectivity index (χ2n) is 2.35. The lowest BCUT2D eigenvalue weighted by Gasteiger charge is -2.02. The molecular formula is C9H9IO2. The first-order chi connectivity index (χ1) is 5.79. The number of ketones is 1. The Morgan fingerprint density at radius 3 is 2.75 bits per heavy atom. The molecule has 12 heavy (non-hydrogen) atoms. The van der Waals surface area contributed by atoms with Crippen LogP contribution in [0.5, 0.6) is 5.75 Å². The fourth-order valence-corrected chi connectivity index (χ4v) is 1.34. The highest BCUT2D eigenvalue weighted by Gasteiger charge is 2.08. The number of rotatable bonds is 3. The Hall–Kier alpha value is -0.580. The van der Waals surface area contributed by atoms with Gasteiger partial charge in [0.05, 0.1) is 5.56 Å². The molecule has 1 rings (SSSR count). The maximum Gasteiger partial charge on any atom is 0.192 e. The summed E-state index contributed by atoms with van der Waals surface area (Å²) < 4.78 is 5.02. The summed E-state index contributed by atoms with van der Waals surface area (Å²) in [6, 6.07) is 7.25. The number of benzene rings is 1. The zero-order valence-corrected chi connectivity index (χ0v) is 8.87. The third kappa shape index (κ3) is 1.97. The van der Waals surface area contributed by atoms with Crippen LogP contribution >= 0.6 is 23.0 Å². The van der Waals surface area contributed by atoms with Gasteiger partial charge in [-0.1, -0.05) is 19.1 Å². The van der Waals surface area contributed by atoms with E-state index in [-0.39, 0.29) is 5.78 Å². The molecule has 2 nitrogen and oxygen atoms in total. The van der Waals surface area contributed by atoms with Crippen LogP contribution in [0.4, 0.5) is 0 Å². The SMILES string of the molecule is CCC(=O)c1ccccc1OI. The van der Waals surface area contributed by atoms with Crippen LogP contribution in [-0.2, 0) is 0 Å². The normalized spacial score (nSPS) is 9.50. The molecule has 0 radical (unpaired) electrons. The molecule has 0 fully saturated rings. The monoisotopic (exact) mass is 276 g/mol. The minimum absolute atomic E-state index is 0.113. The Labute approximate surface area is 85.6 Å². The molecule has 0 N–H and O–H groups in total. The number of halogens is 1. The summed E-state index contributed by atoms with van der Waals surface area (Å²) in [6.45, 7) is 1.84. The number of carbonyl (C=O) groups excluding carboxylic acids is 1. The minimum Gasteiger partial charge on any atom is -0.427 e. The van der Waals surface area contributed by atoms with E-state index in [1.165, 1.54) is 0 Å². The van der Waals surface area contributed by atoms with Gasteiger partial charge < -0.3 is 3.07 Å². The van der Waals surface area contributed by atoms with Crippen molar-refractivity contribution in [3.8, 4) is 5.75 Å². The minimum atomic E-state index is 0.113. The Bertz CT molecular complexity index is 284. The van der Waals surface area contributed by atoms with Crippen molar-refractivity contribution < 1.29 is 7.86 Å². The smallest absolute Gasteiger partial charge is 0.192 e. The molecule has 64 valence electrons.